The number of isocyanates is 1. The van der Waals surface area contributed by atoms with E-state index in [2.05, 4.69) is 37.4 Å². The number of fused-ring (bicyclic) bond motifs is 4. The Morgan fingerprint density at radius 2 is 1.15 bits per heavy atom. The molecule has 2 amide bonds. The lowest BCUT2D eigenvalue weighted by Gasteiger charge is -2.19. The number of nitrogens with one attached hydrogen (secondary N) is 2. The average molecular weight is 863 g/mol. The summed E-state index contributed by atoms with van der Waals surface area (Å²) in [6.07, 6.45) is 17.8. The van der Waals surface area contributed by atoms with E-state index in [0.29, 0.717) is 13.1 Å². The van der Waals surface area contributed by atoms with E-state index in [4.69, 9.17) is 5.14 Å². The van der Waals surface area contributed by atoms with E-state index in [1.54, 1.807) is 27.8 Å². The first-order chi connectivity index (χ1) is 28.4. The van der Waals surface area contributed by atoms with Crippen LogP contribution in [0.5, 0.6) is 0 Å². The number of amides is 2. The van der Waals surface area contributed by atoms with Crippen LogP contribution in [0.4, 0.5) is 16.2 Å². The Kier molecular flexibility index (Phi) is 14.1. The predicted octanol–water partition coefficient (Wildman–Crippen LogP) is 4.43. The minimum absolute atomic E-state index is 0.0894. The molecule has 4 aromatic rings. The van der Waals surface area contributed by atoms with Gasteiger partial charge in [-0.05, 0) is 176 Å². The number of nitrogens with two attached hydrogens (primary N) is 1. The van der Waals surface area contributed by atoms with E-state index < -0.39 is 26.1 Å². The lowest BCUT2D eigenvalue weighted by Crippen LogP contribution is -2.35. The number of nitrogens with zero attached hydrogens (tertiary/aromatic N) is 7. The Hall–Kier alpha value is -4.71. The van der Waals surface area contributed by atoms with Crippen molar-refractivity contribution in [3.05, 3.63) is 81.2 Å². The fraction of sp³-hybridized carbons (Fsp3) is 0.524. The number of carbonyl (C=O) groups excluding carboxylic acids is 2. The number of sulfonamides is 2. The second-order valence-corrected chi connectivity index (χ2v) is 19.8. The molecule has 0 bridgehead atoms. The van der Waals surface area contributed by atoms with Gasteiger partial charge in [0.25, 0.3) is 20.0 Å². The fourth-order valence-corrected chi connectivity index (χ4v) is 9.62. The zero-order valence-corrected chi connectivity index (χ0v) is 37.1. The van der Waals surface area contributed by atoms with Gasteiger partial charge in [-0.1, -0.05) is 12.1 Å². The van der Waals surface area contributed by atoms with E-state index in [-0.39, 0.29) is 22.1 Å². The second-order valence-electron chi connectivity index (χ2n) is 16.6. The molecule has 2 aromatic heterocycles. The molecule has 0 spiro atoms. The number of carbonyl (C=O) groups is 1. The summed E-state index contributed by atoms with van der Waals surface area (Å²) in [6.45, 7) is 5.23. The molecule has 324 valence electrons. The smallest absolute Gasteiger partial charge is 0.307 e. The van der Waals surface area contributed by atoms with E-state index in [0.717, 1.165) is 86.7 Å². The van der Waals surface area contributed by atoms with Gasteiger partial charge in [-0.3, -0.25) is 9.36 Å². The van der Waals surface area contributed by atoms with Gasteiger partial charge in [0.15, 0.2) is 10.1 Å². The van der Waals surface area contributed by atoms with Crippen molar-refractivity contribution in [1.82, 2.24) is 34.1 Å². The normalized spacial score (nSPS) is 16.1. The van der Waals surface area contributed by atoms with E-state index >= 15 is 0 Å². The first kappa shape index (κ1) is 44.8. The number of aromatic nitrogens is 4. The summed E-state index contributed by atoms with van der Waals surface area (Å²) >= 11 is 0. The van der Waals surface area contributed by atoms with Gasteiger partial charge in [0, 0.05) is 30.2 Å². The predicted molar refractivity (Wildman–Crippen MR) is 230 cm³/mol. The fourth-order valence-electron chi connectivity index (χ4n) is 8.30. The Labute approximate surface area is 353 Å². The molecule has 0 unspecified atom stereocenters. The number of anilines is 1. The molecular formula is C42H58N10O6S2. The highest BCUT2D eigenvalue weighted by molar-refractivity contribution is 7.90. The molecule has 2 aromatic carbocycles. The first-order valence-electron chi connectivity index (χ1n) is 20.6. The summed E-state index contributed by atoms with van der Waals surface area (Å²) in [7, 11) is 0.0785. The van der Waals surface area contributed by atoms with Crippen molar-refractivity contribution in [2.24, 2.45) is 10.1 Å². The van der Waals surface area contributed by atoms with Gasteiger partial charge in [-0.25, -0.2) is 27.9 Å². The largest absolute Gasteiger partial charge is 0.333 e. The molecule has 4 aliphatic carbocycles. The zero-order chi connectivity index (χ0) is 43.4. The Morgan fingerprint density at radius 3 is 1.57 bits per heavy atom. The SMILES string of the molecule is C[C@@H](Cn1ccc(S(=O)(=O)NC(=O)Nc2c3c(cc4c2CCC4)CCC3)n1)N(C)C.C[C@@H](Cn1ccc(S(N)(=O)=O)n1)N(C)C.O=C=Nc1c2c(cc3c1CCC3)CCC2. The van der Waals surface area contributed by atoms with Gasteiger partial charge in [0.2, 0.25) is 6.08 Å². The van der Waals surface area contributed by atoms with Crippen LogP contribution in [0, 0.1) is 0 Å². The number of aryl methyl sites for hydroxylation is 4. The van der Waals surface area contributed by atoms with Crippen molar-refractivity contribution in [2.75, 3.05) is 33.5 Å². The summed E-state index contributed by atoms with van der Waals surface area (Å²) < 4.78 is 52.5. The zero-order valence-electron chi connectivity index (χ0n) is 35.5. The molecule has 0 radical (unpaired) electrons. The highest BCUT2D eigenvalue weighted by Crippen LogP contribution is 2.40. The van der Waals surface area contributed by atoms with Crippen LogP contribution in [0.2, 0.25) is 0 Å². The standard InChI is InChI=1S/C21H29N5O3S.C13H13NO.C8H16N4O2S/c1-14(25(2)3)13-26-11-10-19(23-26)30(28,29)24-21(27)22-20-17-8-4-6-15(17)12-16-7-5-9-18(16)20;15-8-14-13-11-5-1-3-9(11)7-10-4-2-6-12(10)13;1-7(11(2)3)6-12-5-4-8(10-12)15(9,13)14/h10-12,14H,4-9,13H2,1-3H3,(H2,22,24,27);7H,1-6H2;4-5,7H,6H2,1-3H3,(H2,9,13,14)/t14-;;7-/m0.0/s1. The number of hydrogen-bond acceptors (Lipinski definition) is 11. The first-order valence-corrected chi connectivity index (χ1v) is 23.6. The van der Waals surface area contributed by atoms with E-state index in [1.807, 2.05) is 51.8 Å². The molecular weight excluding hydrogens is 805 g/mol. The maximum absolute atomic E-state index is 12.7. The third kappa shape index (κ3) is 10.6. The van der Waals surface area contributed by atoms with Crippen molar-refractivity contribution in [2.45, 2.75) is 126 Å². The van der Waals surface area contributed by atoms with Gasteiger partial charge >= 0.3 is 6.03 Å². The number of primary sulfonamides is 1. The topological polar surface area (TPSA) is 207 Å². The van der Waals surface area contributed by atoms with Gasteiger partial charge in [0.1, 0.15) is 0 Å². The van der Waals surface area contributed by atoms with E-state index in [9.17, 15) is 26.4 Å². The van der Waals surface area contributed by atoms with Crippen LogP contribution in [0.1, 0.15) is 84.0 Å². The van der Waals surface area contributed by atoms with Crippen LogP contribution in [0.15, 0.2) is 51.7 Å². The van der Waals surface area contributed by atoms with Gasteiger partial charge in [-0.2, -0.15) is 23.6 Å². The number of likely N-dealkylation sites (N-methyl/N-ethyl adjacent to an activating group) is 2. The third-order valence-corrected chi connectivity index (χ3v) is 14.0. The van der Waals surface area contributed by atoms with Crippen LogP contribution in [0.25, 0.3) is 0 Å². The minimum atomic E-state index is -4.05. The van der Waals surface area contributed by atoms with Crippen molar-refractivity contribution < 1.29 is 26.4 Å². The molecule has 4 aliphatic rings. The van der Waals surface area contributed by atoms with Gasteiger partial charge < -0.3 is 15.1 Å². The van der Waals surface area contributed by atoms with Gasteiger partial charge in [-0.15, -0.1) is 0 Å². The summed E-state index contributed by atoms with van der Waals surface area (Å²) in [4.78, 5) is 31.1. The maximum atomic E-state index is 12.7. The summed E-state index contributed by atoms with van der Waals surface area (Å²) in [5.74, 6) is 0. The van der Waals surface area contributed by atoms with Crippen molar-refractivity contribution in [3.63, 3.8) is 0 Å². The molecule has 0 fully saturated rings. The van der Waals surface area contributed by atoms with Crippen molar-refractivity contribution >= 4 is 43.5 Å². The Morgan fingerprint density at radius 1 is 0.733 bits per heavy atom. The average Bonchev–Trinajstić information content (AvgIpc) is 4.03. The summed E-state index contributed by atoms with van der Waals surface area (Å²) in [6, 6.07) is 7.16. The third-order valence-electron chi connectivity index (χ3n) is 12.0. The minimum Gasteiger partial charge on any atom is -0.307 e. The molecule has 0 saturated heterocycles. The lowest BCUT2D eigenvalue weighted by atomic mass is 9.99. The van der Waals surface area contributed by atoms with Crippen LogP contribution in [-0.2, 0) is 89.3 Å². The Bertz CT molecular complexity index is 2420. The summed E-state index contributed by atoms with van der Waals surface area (Å²) in [5.41, 5.74) is 12.1. The highest BCUT2D eigenvalue weighted by atomic mass is 32.2. The van der Waals surface area contributed by atoms with Crippen LogP contribution in [0.3, 0.4) is 0 Å². The number of rotatable bonds is 11. The number of hydrogen-bond donors (Lipinski definition) is 3. The number of benzene rings is 2. The molecule has 0 saturated carbocycles. The van der Waals surface area contributed by atoms with Crippen molar-refractivity contribution in [1.29, 1.82) is 0 Å². The molecule has 16 nitrogen and oxygen atoms in total. The molecule has 2 atom stereocenters. The van der Waals surface area contributed by atoms with Crippen LogP contribution < -0.4 is 15.2 Å². The molecule has 0 aliphatic heterocycles. The lowest BCUT2D eigenvalue weighted by molar-refractivity contribution is 0.256. The highest BCUT2D eigenvalue weighted by Gasteiger charge is 2.28. The second kappa shape index (κ2) is 18.9. The molecule has 4 N–H and O–H groups in total. The molecule has 60 heavy (non-hydrogen) atoms. The Balaban J connectivity index is 0.000000168. The van der Waals surface area contributed by atoms with Crippen LogP contribution in [-0.4, -0.2) is 98.6 Å². The monoisotopic (exact) mass is 862 g/mol. The maximum Gasteiger partial charge on any atom is 0.333 e. The summed E-state index contributed by atoms with van der Waals surface area (Å²) in [5, 5.41) is 15.6. The molecule has 2 heterocycles. The van der Waals surface area contributed by atoms with E-state index in [1.165, 1.54) is 58.4 Å². The molecule has 18 heteroatoms. The van der Waals surface area contributed by atoms with Gasteiger partial charge in [0.05, 0.1) is 18.8 Å². The number of urea groups is 1. The van der Waals surface area contributed by atoms with Crippen LogP contribution >= 0.6 is 0 Å². The quantitative estimate of drug-likeness (QED) is 0.143. The molecule has 8 rings (SSSR count). The number of aliphatic imine (C=N–C) groups is 1. The van der Waals surface area contributed by atoms with Crippen molar-refractivity contribution in [3.8, 4) is 0 Å².